The minimum absolute atomic E-state index is 0.210. The predicted octanol–water partition coefficient (Wildman–Crippen LogP) is 10.3. The van der Waals surface area contributed by atoms with Crippen molar-refractivity contribution < 1.29 is 15.0 Å². The Kier molecular flexibility index (Phi) is 31.9. The van der Waals surface area contributed by atoms with Crippen molar-refractivity contribution in [1.82, 2.24) is 5.32 Å². The second-order valence-corrected chi connectivity index (χ2v) is 12.3. The maximum absolute atomic E-state index is 12.2. The monoisotopic (exact) mass is 566 g/mol. The van der Waals surface area contributed by atoms with Gasteiger partial charge in [-0.15, -0.1) is 0 Å². The highest BCUT2D eigenvalue weighted by Gasteiger charge is 2.19. The first-order valence-corrected chi connectivity index (χ1v) is 17.9. The Morgan fingerprint density at radius 3 is 1.30 bits per heavy atom. The molecule has 0 aliphatic rings. The molecule has 40 heavy (non-hydrogen) atoms. The molecule has 0 aromatic rings. The van der Waals surface area contributed by atoms with Crippen molar-refractivity contribution in [3.8, 4) is 0 Å². The van der Waals surface area contributed by atoms with Crippen LogP contribution in [-0.2, 0) is 4.79 Å². The number of aliphatic hydroxyl groups excluding tert-OH is 2. The lowest BCUT2D eigenvalue weighted by Crippen LogP contribution is -2.45. The molecular formula is C36H71NO3. The number of carbonyl (C=O) groups is 1. The molecule has 0 aromatic heterocycles. The maximum atomic E-state index is 12.2. The van der Waals surface area contributed by atoms with Crippen LogP contribution in [0, 0.1) is 0 Å². The third kappa shape index (κ3) is 28.7. The Bertz CT molecular complexity index is 536. The molecule has 0 fully saturated rings. The van der Waals surface area contributed by atoms with Crippen LogP contribution >= 0.6 is 0 Å². The second kappa shape index (κ2) is 32.6. The van der Waals surface area contributed by atoms with Crippen LogP contribution in [0.5, 0.6) is 0 Å². The van der Waals surface area contributed by atoms with Gasteiger partial charge in [-0.05, 0) is 25.3 Å². The van der Waals surface area contributed by atoms with Gasteiger partial charge in [0.15, 0.2) is 0 Å². The number of nitrogens with one attached hydrogen (secondary N) is 1. The highest BCUT2D eigenvalue weighted by molar-refractivity contribution is 5.87. The molecule has 0 aliphatic carbocycles. The largest absolute Gasteiger partial charge is 0.394 e. The Hall–Kier alpha value is -0.870. The zero-order chi connectivity index (χ0) is 29.4. The molecule has 0 aromatic carbocycles. The van der Waals surface area contributed by atoms with E-state index in [4.69, 9.17) is 0 Å². The number of rotatable bonds is 32. The topological polar surface area (TPSA) is 69.6 Å². The van der Waals surface area contributed by atoms with Gasteiger partial charge in [-0.3, -0.25) is 4.79 Å². The quantitative estimate of drug-likeness (QED) is 0.0561. The van der Waals surface area contributed by atoms with Gasteiger partial charge in [-0.1, -0.05) is 180 Å². The van der Waals surface area contributed by atoms with Gasteiger partial charge >= 0.3 is 0 Å². The number of unbranched alkanes of at least 4 members (excludes halogenated alkanes) is 25. The minimum atomic E-state index is -0.684. The molecule has 0 aliphatic heterocycles. The van der Waals surface area contributed by atoms with Gasteiger partial charge in [0.25, 0.3) is 0 Å². The van der Waals surface area contributed by atoms with E-state index in [1.54, 1.807) is 6.08 Å². The van der Waals surface area contributed by atoms with E-state index in [0.29, 0.717) is 6.42 Å². The van der Waals surface area contributed by atoms with E-state index in [1.165, 1.54) is 148 Å². The fourth-order valence-corrected chi connectivity index (χ4v) is 5.54. The molecule has 1 amide bonds. The molecular weight excluding hydrogens is 494 g/mol. The van der Waals surface area contributed by atoms with E-state index in [2.05, 4.69) is 19.2 Å². The van der Waals surface area contributed by atoms with Crippen LogP contribution in [0.3, 0.4) is 0 Å². The second-order valence-electron chi connectivity index (χ2n) is 12.3. The van der Waals surface area contributed by atoms with E-state index in [-0.39, 0.29) is 12.5 Å². The van der Waals surface area contributed by atoms with Crippen molar-refractivity contribution in [2.75, 3.05) is 6.61 Å². The highest BCUT2D eigenvalue weighted by Crippen LogP contribution is 2.15. The average molecular weight is 566 g/mol. The predicted molar refractivity (Wildman–Crippen MR) is 175 cm³/mol. The van der Waals surface area contributed by atoms with Crippen molar-refractivity contribution in [2.24, 2.45) is 0 Å². The van der Waals surface area contributed by atoms with Crippen LogP contribution in [0.25, 0.3) is 0 Å². The lowest BCUT2D eigenvalue weighted by Gasteiger charge is -2.21. The van der Waals surface area contributed by atoms with Crippen molar-refractivity contribution in [1.29, 1.82) is 0 Å². The van der Waals surface area contributed by atoms with Gasteiger partial charge in [0, 0.05) is 0 Å². The van der Waals surface area contributed by atoms with Crippen LogP contribution in [0.2, 0.25) is 0 Å². The number of aliphatic hydroxyl groups is 2. The Balaban J connectivity index is 3.61. The number of allylic oxidation sites excluding steroid dienone is 1. The standard InChI is InChI=1S/C36H71NO3/c1-3-5-7-9-11-13-15-17-19-21-23-25-27-29-31-35(39)34(33-38)37-36(40)32-30-28-26-24-22-20-18-16-14-12-10-8-6-4-2/h30,32,34-35,38-39H,3-29,31,33H2,1-2H3,(H,37,40)/b32-30+. The molecule has 0 saturated carbocycles. The SMILES string of the molecule is CCCCCCCCCCCCCC/C=C/C(=O)NC(CO)C(O)CCCCCCCCCCCCCCCC. The first-order valence-electron chi connectivity index (χ1n) is 17.9. The molecule has 4 nitrogen and oxygen atoms in total. The summed E-state index contributed by atoms with van der Waals surface area (Å²) in [7, 11) is 0. The number of hydrogen-bond donors (Lipinski definition) is 3. The summed E-state index contributed by atoms with van der Waals surface area (Å²) in [6.07, 6.45) is 38.7. The minimum Gasteiger partial charge on any atom is -0.394 e. The molecule has 238 valence electrons. The fourth-order valence-electron chi connectivity index (χ4n) is 5.54. The normalized spacial score (nSPS) is 13.2. The van der Waals surface area contributed by atoms with E-state index < -0.39 is 12.1 Å². The van der Waals surface area contributed by atoms with Gasteiger partial charge in [0.1, 0.15) is 0 Å². The van der Waals surface area contributed by atoms with E-state index >= 15 is 0 Å². The third-order valence-corrected chi connectivity index (χ3v) is 8.34. The first kappa shape index (κ1) is 39.1. The summed E-state index contributed by atoms with van der Waals surface area (Å²) < 4.78 is 0. The van der Waals surface area contributed by atoms with Crippen LogP contribution < -0.4 is 5.32 Å². The molecule has 0 rings (SSSR count). The summed E-state index contributed by atoms with van der Waals surface area (Å²) in [5.74, 6) is -0.210. The summed E-state index contributed by atoms with van der Waals surface area (Å²) in [4.78, 5) is 12.2. The van der Waals surface area contributed by atoms with Crippen molar-refractivity contribution in [3.63, 3.8) is 0 Å². The summed E-state index contributed by atoms with van der Waals surface area (Å²) >= 11 is 0. The Morgan fingerprint density at radius 1 is 0.575 bits per heavy atom. The molecule has 2 unspecified atom stereocenters. The molecule has 3 N–H and O–H groups in total. The van der Waals surface area contributed by atoms with E-state index in [0.717, 1.165) is 25.7 Å². The lowest BCUT2D eigenvalue weighted by atomic mass is 10.0. The smallest absolute Gasteiger partial charge is 0.244 e. The van der Waals surface area contributed by atoms with Crippen molar-refractivity contribution >= 4 is 5.91 Å². The molecule has 2 atom stereocenters. The molecule has 0 saturated heterocycles. The summed E-state index contributed by atoms with van der Waals surface area (Å²) in [6.45, 7) is 4.32. The van der Waals surface area contributed by atoms with Crippen LogP contribution in [-0.4, -0.2) is 34.9 Å². The zero-order valence-electron chi connectivity index (χ0n) is 27.1. The van der Waals surface area contributed by atoms with Gasteiger partial charge in [0.2, 0.25) is 5.91 Å². The van der Waals surface area contributed by atoms with Gasteiger partial charge in [-0.25, -0.2) is 0 Å². The molecule has 0 spiro atoms. The number of amides is 1. The number of hydrogen-bond acceptors (Lipinski definition) is 3. The van der Waals surface area contributed by atoms with E-state index in [1.807, 2.05) is 6.08 Å². The molecule has 4 heteroatoms. The summed E-state index contributed by atoms with van der Waals surface area (Å²) in [5.41, 5.74) is 0. The Morgan fingerprint density at radius 2 is 0.925 bits per heavy atom. The van der Waals surface area contributed by atoms with Crippen LogP contribution in [0.1, 0.15) is 194 Å². The summed E-state index contributed by atoms with van der Waals surface area (Å²) in [5, 5.41) is 22.9. The number of carbonyl (C=O) groups excluding carboxylic acids is 1. The maximum Gasteiger partial charge on any atom is 0.244 e. The lowest BCUT2D eigenvalue weighted by molar-refractivity contribution is -0.118. The molecule has 0 heterocycles. The van der Waals surface area contributed by atoms with Gasteiger partial charge < -0.3 is 15.5 Å². The first-order chi connectivity index (χ1) is 19.7. The third-order valence-electron chi connectivity index (χ3n) is 8.34. The Labute approximate surface area is 250 Å². The zero-order valence-corrected chi connectivity index (χ0v) is 27.1. The van der Waals surface area contributed by atoms with Gasteiger partial charge in [0.05, 0.1) is 18.8 Å². The molecule has 0 bridgehead atoms. The molecule has 0 radical (unpaired) electrons. The van der Waals surface area contributed by atoms with Crippen molar-refractivity contribution in [3.05, 3.63) is 12.2 Å². The van der Waals surface area contributed by atoms with E-state index in [9.17, 15) is 15.0 Å². The fraction of sp³-hybridized carbons (Fsp3) is 0.917. The van der Waals surface area contributed by atoms with Crippen molar-refractivity contribution in [2.45, 2.75) is 206 Å². The van der Waals surface area contributed by atoms with Gasteiger partial charge in [-0.2, -0.15) is 0 Å². The average Bonchev–Trinajstić information content (AvgIpc) is 2.96. The summed E-state index contributed by atoms with van der Waals surface area (Å²) in [6, 6.07) is -0.578. The van der Waals surface area contributed by atoms with Crippen LogP contribution in [0.4, 0.5) is 0 Å². The van der Waals surface area contributed by atoms with Crippen LogP contribution in [0.15, 0.2) is 12.2 Å². The highest BCUT2D eigenvalue weighted by atomic mass is 16.3.